The topological polar surface area (TPSA) is 88.9 Å². The van der Waals surface area contributed by atoms with E-state index in [2.05, 4.69) is 0 Å². The minimum atomic E-state index is -0.723. The molecule has 0 spiro atoms. The first kappa shape index (κ1) is 24.4. The molecular weight excluding hydrogens is 534 g/mol. The number of thiazole rings is 1. The highest BCUT2D eigenvalue weighted by atomic mass is 35.5. The summed E-state index contributed by atoms with van der Waals surface area (Å²) in [6, 6.07) is 16.1. The molecule has 6 rings (SSSR count). The van der Waals surface area contributed by atoms with Gasteiger partial charge in [0, 0.05) is 28.9 Å². The minimum absolute atomic E-state index is 0.112. The van der Waals surface area contributed by atoms with E-state index in [1.165, 1.54) is 21.2 Å². The average Bonchev–Trinajstić information content (AvgIpc) is 3.36. The molecule has 2 aromatic carbocycles. The number of carbonyl (C=O) groups excluding carboxylic acids is 3. The maximum Gasteiger partial charge on any atom is 0.308 e. The summed E-state index contributed by atoms with van der Waals surface area (Å²) in [6.45, 7) is 1.78. The zero-order chi connectivity index (χ0) is 25.7. The lowest BCUT2D eigenvalue weighted by Gasteiger charge is -2.31. The Balaban J connectivity index is 1.42. The molecule has 11 heteroatoms. The molecule has 3 atom stereocenters. The molecule has 0 N–H and O–H groups in total. The number of carbonyl (C=O) groups is 3. The third-order valence-electron chi connectivity index (χ3n) is 6.95. The second kappa shape index (κ2) is 9.75. The number of aromatic nitrogens is 1. The monoisotopic (exact) mass is 555 g/mol. The molecule has 0 aliphatic carbocycles. The van der Waals surface area contributed by atoms with Crippen molar-refractivity contribution >= 4 is 58.1 Å². The molecule has 3 aliphatic heterocycles. The lowest BCUT2D eigenvalue weighted by atomic mass is 9.83. The molecule has 3 aliphatic rings. The van der Waals surface area contributed by atoms with Crippen LogP contribution in [0, 0.1) is 5.92 Å². The fourth-order valence-electron chi connectivity index (χ4n) is 5.17. The molecule has 190 valence electrons. The first-order chi connectivity index (χ1) is 17.9. The van der Waals surface area contributed by atoms with Gasteiger partial charge < -0.3 is 9.64 Å². The Labute approximate surface area is 225 Å². The van der Waals surface area contributed by atoms with Gasteiger partial charge in [-0.05, 0) is 29.8 Å². The van der Waals surface area contributed by atoms with Gasteiger partial charge in [0.05, 0.1) is 29.8 Å². The molecule has 2 fully saturated rings. The number of anilines is 1. The highest BCUT2D eigenvalue weighted by Gasteiger charge is 2.56. The van der Waals surface area contributed by atoms with Crippen LogP contribution >= 0.6 is 34.7 Å². The summed E-state index contributed by atoms with van der Waals surface area (Å²) in [6.07, 6.45) is 0. The highest BCUT2D eigenvalue weighted by Crippen LogP contribution is 2.53. The van der Waals surface area contributed by atoms with E-state index >= 15 is 0 Å². The maximum atomic E-state index is 13.8. The van der Waals surface area contributed by atoms with Crippen LogP contribution in [0.3, 0.4) is 0 Å². The summed E-state index contributed by atoms with van der Waals surface area (Å²) in [4.78, 5) is 57.1. The van der Waals surface area contributed by atoms with E-state index in [-0.39, 0.29) is 29.1 Å². The van der Waals surface area contributed by atoms with E-state index in [1.807, 2.05) is 30.3 Å². The number of rotatable bonds is 4. The summed E-state index contributed by atoms with van der Waals surface area (Å²) in [5.74, 6) is -1.96. The molecule has 2 unspecified atom stereocenters. The largest absolute Gasteiger partial charge is 0.378 e. The standard InChI is InChI=1S/C26H22ClN3O5S2/c27-16-6-8-17(9-7-16)30-23(32)20-19(15-4-2-1-3-5-15)22-25(36-21(20)24(30)33)29(26(34)37-22)14-18(31)28-10-12-35-13-11-28/h1-9,19-21H,10-14H2/t19-,20?,21?/m1/s1. The zero-order valence-corrected chi connectivity index (χ0v) is 21.9. The van der Waals surface area contributed by atoms with Crippen LogP contribution in [-0.4, -0.2) is 58.7 Å². The number of halogens is 1. The molecule has 3 amide bonds. The number of fused-ring (bicyclic) bond motifs is 2. The van der Waals surface area contributed by atoms with E-state index in [0.717, 1.165) is 21.8 Å². The number of nitrogens with zero attached hydrogens (tertiary/aromatic N) is 3. The van der Waals surface area contributed by atoms with Crippen LogP contribution in [0.4, 0.5) is 5.69 Å². The summed E-state index contributed by atoms with van der Waals surface area (Å²) < 4.78 is 6.81. The van der Waals surface area contributed by atoms with E-state index < -0.39 is 17.1 Å². The van der Waals surface area contributed by atoms with Gasteiger partial charge in [0.2, 0.25) is 17.7 Å². The molecule has 0 saturated carbocycles. The van der Waals surface area contributed by atoms with Crippen molar-refractivity contribution in [2.24, 2.45) is 5.92 Å². The van der Waals surface area contributed by atoms with Crippen molar-refractivity contribution in [3.05, 3.63) is 79.7 Å². The van der Waals surface area contributed by atoms with Crippen LogP contribution in [0.15, 0.2) is 64.4 Å². The van der Waals surface area contributed by atoms with Gasteiger partial charge in [0.25, 0.3) is 0 Å². The van der Waals surface area contributed by atoms with Gasteiger partial charge in [0.1, 0.15) is 11.8 Å². The van der Waals surface area contributed by atoms with E-state index in [4.69, 9.17) is 16.3 Å². The van der Waals surface area contributed by atoms with Crippen LogP contribution in [0.25, 0.3) is 0 Å². The zero-order valence-electron chi connectivity index (χ0n) is 19.5. The van der Waals surface area contributed by atoms with Crippen LogP contribution < -0.4 is 9.77 Å². The third-order valence-corrected chi connectivity index (χ3v) is 9.81. The normalized spacial score (nSPS) is 23.2. The van der Waals surface area contributed by atoms with Gasteiger partial charge >= 0.3 is 4.87 Å². The molecule has 3 aromatic rings. The lowest BCUT2D eigenvalue weighted by molar-refractivity contribution is -0.136. The molecule has 0 radical (unpaired) electrons. The van der Waals surface area contributed by atoms with Gasteiger partial charge in [-0.1, -0.05) is 65.0 Å². The van der Waals surface area contributed by atoms with Crippen molar-refractivity contribution in [3.8, 4) is 0 Å². The minimum Gasteiger partial charge on any atom is -0.378 e. The van der Waals surface area contributed by atoms with Gasteiger partial charge in [-0.3, -0.25) is 23.7 Å². The lowest BCUT2D eigenvalue weighted by Crippen LogP contribution is -2.43. The summed E-state index contributed by atoms with van der Waals surface area (Å²) in [5, 5.41) is 0.373. The Kier molecular flexibility index (Phi) is 6.44. The van der Waals surface area contributed by atoms with E-state index in [9.17, 15) is 19.2 Å². The van der Waals surface area contributed by atoms with Crippen molar-refractivity contribution in [2.45, 2.75) is 22.7 Å². The van der Waals surface area contributed by atoms with Crippen LogP contribution in [0.1, 0.15) is 16.4 Å². The Morgan fingerprint density at radius 1 is 0.973 bits per heavy atom. The summed E-state index contributed by atoms with van der Waals surface area (Å²) in [5.41, 5.74) is 1.32. The highest BCUT2D eigenvalue weighted by molar-refractivity contribution is 8.00. The van der Waals surface area contributed by atoms with Crippen molar-refractivity contribution in [1.82, 2.24) is 9.47 Å². The number of hydrogen-bond acceptors (Lipinski definition) is 7. The Hall–Kier alpha value is -2.92. The number of morpholine rings is 1. The number of imide groups is 1. The summed E-state index contributed by atoms with van der Waals surface area (Å²) >= 11 is 8.30. The Morgan fingerprint density at radius 2 is 1.68 bits per heavy atom. The number of ether oxygens (including phenoxy) is 1. The first-order valence-corrected chi connectivity index (χ1v) is 14.0. The van der Waals surface area contributed by atoms with Crippen molar-refractivity contribution < 1.29 is 19.1 Å². The molecule has 1 aromatic heterocycles. The van der Waals surface area contributed by atoms with Crippen LogP contribution in [-0.2, 0) is 25.7 Å². The molecular formula is C26H22ClN3O5S2. The second-order valence-corrected chi connectivity index (χ2v) is 11.6. The second-order valence-electron chi connectivity index (χ2n) is 9.06. The molecule has 0 bridgehead atoms. The molecule has 37 heavy (non-hydrogen) atoms. The van der Waals surface area contributed by atoms with Crippen LogP contribution in [0.5, 0.6) is 0 Å². The Bertz CT molecular complexity index is 1430. The van der Waals surface area contributed by atoms with Crippen molar-refractivity contribution in [3.63, 3.8) is 0 Å². The maximum absolute atomic E-state index is 13.8. The van der Waals surface area contributed by atoms with Gasteiger partial charge in [-0.25, -0.2) is 4.90 Å². The van der Waals surface area contributed by atoms with Gasteiger partial charge in [-0.15, -0.1) is 0 Å². The van der Waals surface area contributed by atoms with E-state index in [0.29, 0.717) is 42.0 Å². The number of benzene rings is 2. The average molecular weight is 556 g/mol. The number of thioether (sulfide) groups is 1. The van der Waals surface area contributed by atoms with Gasteiger partial charge in [0.15, 0.2) is 0 Å². The van der Waals surface area contributed by atoms with E-state index in [1.54, 1.807) is 29.2 Å². The van der Waals surface area contributed by atoms with Crippen molar-refractivity contribution in [1.29, 1.82) is 0 Å². The van der Waals surface area contributed by atoms with Crippen molar-refractivity contribution in [2.75, 3.05) is 31.2 Å². The first-order valence-electron chi connectivity index (χ1n) is 11.9. The number of amides is 3. The SMILES string of the molecule is O=C(Cn1c2c(sc1=O)[C@H](c1ccccc1)C1C(=O)N(c3ccc(Cl)cc3)C(=O)C1S2)N1CCOCC1. The molecule has 2 saturated heterocycles. The predicted molar refractivity (Wildman–Crippen MR) is 141 cm³/mol. The predicted octanol–water partition coefficient (Wildman–Crippen LogP) is 3.22. The molecule has 8 nitrogen and oxygen atoms in total. The fraction of sp³-hybridized carbons (Fsp3) is 0.308. The number of hydrogen-bond donors (Lipinski definition) is 0. The summed E-state index contributed by atoms with van der Waals surface area (Å²) in [7, 11) is 0. The fourth-order valence-corrected chi connectivity index (χ4v) is 8.07. The molecule has 4 heterocycles. The van der Waals surface area contributed by atoms with Crippen LogP contribution in [0.2, 0.25) is 5.02 Å². The van der Waals surface area contributed by atoms with Gasteiger partial charge in [-0.2, -0.15) is 0 Å². The quantitative estimate of drug-likeness (QED) is 0.459. The third kappa shape index (κ3) is 4.21. The Morgan fingerprint density at radius 3 is 2.38 bits per heavy atom. The smallest absolute Gasteiger partial charge is 0.308 e.